The van der Waals surface area contributed by atoms with E-state index >= 15 is 0 Å². The minimum absolute atomic E-state index is 0.312. The fraction of sp³-hybridized carbons (Fsp3) is 0.588. The van der Waals surface area contributed by atoms with E-state index < -0.39 is 5.97 Å². The molecule has 0 amide bonds. The van der Waals surface area contributed by atoms with Crippen molar-refractivity contribution in [3.63, 3.8) is 0 Å². The molecule has 1 aliphatic heterocycles. The Bertz CT molecular complexity index is 523. The van der Waals surface area contributed by atoms with Gasteiger partial charge in [-0.25, -0.2) is 4.79 Å². The Kier molecular flexibility index (Phi) is 4.15. The van der Waals surface area contributed by atoms with Crippen molar-refractivity contribution in [1.29, 1.82) is 0 Å². The van der Waals surface area contributed by atoms with Crippen molar-refractivity contribution < 1.29 is 15.0 Å². The van der Waals surface area contributed by atoms with Gasteiger partial charge in [-0.05, 0) is 36.5 Å². The Morgan fingerprint density at radius 3 is 2.81 bits per heavy atom. The largest absolute Gasteiger partial charge is 0.478 e. The second-order valence-electron chi connectivity index (χ2n) is 6.38. The molecule has 0 spiro atoms. The van der Waals surface area contributed by atoms with Gasteiger partial charge in [0.2, 0.25) is 0 Å². The van der Waals surface area contributed by atoms with E-state index in [2.05, 4.69) is 4.90 Å². The van der Waals surface area contributed by atoms with Crippen LogP contribution in [-0.2, 0) is 6.42 Å². The van der Waals surface area contributed by atoms with E-state index in [0.29, 0.717) is 18.0 Å². The minimum atomic E-state index is -0.892. The second-order valence-corrected chi connectivity index (χ2v) is 6.38. The van der Waals surface area contributed by atoms with Crippen LogP contribution in [0.3, 0.4) is 0 Å². The normalized spacial score (nSPS) is 19.8. The molecule has 1 aromatic carbocycles. The van der Waals surface area contributed by atoms with E-state index in [1.54, 1.807) is 12.1 Å². The van der Waals surface area contributed by atoms with E-state index in [-0.39, 0.29) is 6.10 Å². The SMILES string of the molecule is O=C(O)c1ccc2c(c1)N(CC(O)CC1CCCC1)CC2. The number of hydrogen-bond donors (Lipinski definition) is 2. The third-order valence-electron chi connectivity index (χ3n) is 4.84. The highest BCUT2D eigenvalue weighted by atomic mass is 16.4. The number of anilines is 1. The number of carbonyl (C=O) groups is 1. The Morgan fingerprint density at radius 2 is 2.10 bits per heavy atom. The van der Waals surface area contributed by atoms with Crippen LogP contribution in [0, 0.1) is 5.92 Å². The first-order chi connectivity index (χ1) is 10.1. The molecule has 1 saturated carbocycles. The van der Waals surface area contributed by atoms with Crippen molar-refractivity contribution in [2.24, 2.45) is 5.92 Å². The molecule has 4 heteroatoms. The maximum atomic E-state index is 11.1. The number of carboxylic acids is 1. The molecule has 4 nitrogen and oxygen atoms in total. The summed E-state index contributed by atoms with van der Waals surface area (Å²) in [5.74, 6) is -0.219. The van der Waals surface area contributed by atoms with Gasteiger partial charge >= 0.3 is 5.97 Å². The lowest BCUT2D eigenvalue weighted by Gasteiger charge is -2.24. The van der Waals surface area contributed by atoms with Crippen molar-refractivity contribution in [1.82, 2.24) is 0 Å². The Balaban J connectivity index is 1.65. The fourth-order valence-electron chi connectivity index (χ4n) is 3.73. The van der Waals surface area contributed by atoms with Gasteiger partial charge in [0.1, 0.15) is 0 Å². The molecule has 0 radical (unpaired) electrons. The van der Waals surface area contributed by atoms with Gasteiger partial charge in [0.15, 0.2) is 0 Å². The lowest BCUT2D eigenvalue weighted by atomic mass is 10.00. The van der Waals surface area contributed by atoms with E-state index in [1.165, 1.54) is 31.2 Å². The van der Waals surface area contributed by atoms with E-state index in [0.717, 1.165) is 25.1 Å². The molecule has 2 N–H and O–H groups in total. The molecule has 3 rings (SSSR count). The van der Waals surface area contributed by atoms with Crippen LogP contribution in [0.5, 0.6) is 0 Å². The summed E-state index contributed by atoms with van der Waals surface area (Å²) in [6, 6.07) is 5.31. The maximum absolute atomic E-state index is 11.1. The number of β-amino-alcohol motifs (C(OH)–C–C–N with tert-alkyl or cyclic N) is 1. The van der Waals surface area contributed by atoms with Gasteiger partial charge in [-0.15, -0.1) is 0 Å². The predicted octanol–water partition coefficient (Wildman–Crippen LogP) is 2.69. The van der Waals surface area contributed by atoms with Crippen LogP contribution in [-0.4, -0.2) is 35.4 Å². The fourth-order valence-corrected chi connectivity index (χ4v) is 3.73. The highest BCUT2D eigenvalue weighted by Crippen LogP contribution is 2.32. The van der Waals surface area contributed by atoms with E-state index in [1.807, 2.05) is 6.07 Å². The smallest absolute Gasteiger partial charge is 0.335 e. The first-order valence-electron chi connectivity index (χ1n) is 7.92. The molecular formula is C17H23NO3. The summed E-state index contributed by atoms with van der Waals surface area (Å²) in [7, 11) is 0. The van der Waals surface area contributed by atoms with Crippen molar-refractivity contribution in [3.8, 4) is 0 Å². The number of nitrogens with zero attached hydrogens (tertiary/aromatic N) is 1. The Hall–Kier alpha value is -1.55. The summed E-state index contributed by atoms with van der Waals surface area (Å²) in [6.07, 6.45) is 6.59. The molecule has 114 valence electrons. The van der Waals surface area contributed by atoms with Crippen LogP contribution in [0.1, 0.15) is 48.0 Å². The molecule has 1 aromatic rings. The Labute approximate surface area is 125 Å². The lowest BCUT2D eigenvalue weighted by Crippen LogP contribution is -2.32. The van der Waals surface area contributed by atoms with Crippen LogP contribution in [0.4, 0.5) is 5.69 Å². The minimum Gasteiger partial charge on any atom is -0.478 e. The van der Waals surface area contributed by atoms with Gasteiger partial charge in [0.05, 0.1) is 11.7 Å². The highest BCUT2D eigenvalue weighted by molar-refractivity contribution is 5.89. The third-order valence-corrected chi connectivity index (χ3v) is 4.84. The molecule has 21 heavy (non-hydrogen) atoms. The average molecular weight is 289 g/mol. The second kappa shape index (κ2) is 6.06. The number of aliphatic hydroxyl groups is 1. The van der Waals surface area contributed by atoms with Gasteiger partial charge < -0.3 is 15.1 Å². The van der Waals surface area contributed by atoms with Crippen molar-refractivity contribution in [2.45, 2.75) is 44.6 Å². The molecule has 0 bridgehead atoms. The zero-order valence-corrected chi connectivity index (χ0v) is 12.3. The molecule has 1 aliphatic carbocycles. The third kappa shape index (κ3) is 3.21. The summed E-state index contributed by atoms with van der Waals surface area (Å²) < 4.78 is 0. The van der Waals surface area contributed by atoms with Crippen LogP contribution in [0.15, 0.2) is 18.2 Å². The highest BCUT2D eigenvalue weighted by Gasteiger charge is 2.25. The van der Waals surface area contributed by atoms with Crippen molar-refractivity contribution >= 4 is 11.7 Å². The molecular weight excluding hydrogens is 266 g/mol. The molecule has 0 aromatic heterocycles. The summed E-state index contributed by atoms with van der Waals surface area (Å²) in [5, 5.41) is 19.4. The quantitative estimate of drug-likeness (QED) is 0.875. The zero-order chi connectivity index (χ0) is 14.8. The summed E-state index contributed by atoms with van der Waals surface area (Å²) in [5.41, 5.74) is 2.50. The maximum Gasteiger partial charge on any atom is 0.335 e. The van der Waals surface area contributed by atoms with E-state index in [9.17, 15) is 9.90 Å². The van der Waals surface area contributed by atoms with Gasteiger partial charge in [-0.1, -0.05) is 31.7 Å². The first-order valence-corrected chi connectivity index (χ1v) is 7.92. The van der Waals surface area contributed by atoms with Crippen LogP contribution in [0.25, 0.3) is 0 Å². The topological polar surface area (TPSA) is 60.8 Å². The van der Waals surface area contributed by atoms with E-state index in [4.69, 9.17) is 5.11 Å². The van der Waals surface area contributed by atoms with Crippen molar-refractivity contribution in [2.75, 3.05) is 18.0 Å². The number of aliphatic hydroxyl groups excluding tert-OH is 1. The summed E-state index contributed by atoms with van der Waals surface area (Å²) in [4.78, 5) is 13.2. The van der Waals surface area contributed by atoms with Crippen LogP contribution in [0.2, 0.25) is 0 Å². The monoisotopic (exact) mass is 289 g/mol. The number of fused-ring (bicyclic) bond motifs is 1. The average Bonchev–Trinajstić information content (AvgIpc) is 3.08. The van der Waals surface area contributed by atoms with Gasteiger partial charge in [-0.3, -0.25) is 0 Å². The van der Waals surface area contributed by atoms with Gasteiger partial charge in [0, 0.05) is 18.8 Å². The van der Waals surface area contributed by atoms with Crippen molar-refractivity contribution in [3.05, 3.63) is 29.3 Å². The van der Waals surface area contributed by atoms with Gasteiger partial charge in [-0.2, -0.15) is 0 Å². The zero-order valence-electron chi connectivity index (χ0n) is 12.3. The summed E-state index contributed by atoms with van der Waals surface area (Å²) >= 11 is 0. The number of rotatable bonds is 5. The molecule has 1 unspecified atom stereocenters. The summed E-state index contributed by atoms with van der Waals surface area (Å²) in [6.45, 7) is 1.49. The number of carboxylic acid groups (broad SMARTS) is 1. The molecule has 1 atom stereocenters. The number of hydrogen-bond acceptors (Lipinski definition) is 3. The molecule has 0 saturated heterocycles. The number of benzene rings is 1. The lowest BCUT2D eigenvalue weighted by molar-refractivity contribution is 0.0697. The first kappa shape index (κ1) is 14.4. The number of aromatic carboxylic acids is 1. The molecule has 2 aliphatic rings. The molecule has 1 heterocycles. The molecule has 1 fully saturated rings. The van der Waals surface area contributed by atoms with Crippen LogP contribution >= 0.6 is 0 Å². The standard InChI is InChI=1S/C17H23NO3/c19-15(9-12-3-1-2-4-12)11-18-8-7-13-5-6-14(17(20)21)10-16(13)18/h5-6,10,12,15,19H,1-4,7-9,11H2,(H,20,21). The van der Waals surface area contributed by atoms with Gasteiger partial charge in [0.25, 0.3) is 0 Å². The predicted molar refractivity (Wildman–Crippen MR) is 81.9 cm³/mol. The van der Waals surface area contributed by atoms with Crippen LogP contribution < -0.4 is 4.90 Å². The Morgan fingerprint density at radius 1 is 1.33 bits per heavy atom.